The number of ether oxygens (including phenoxy) is 2. The average Bonchev–Trinajstić information content (AvgIpc) is 3.22. The zero-order chi connectivity index (χ0) is 21.1. The smallest absolute Gasteiger partial charge is 0.338 e. The van der Waals surface area contributed by atoms with Crippen LogP contribution in [0, 0.1) is 5.92 Å². The molecule has 158 valence electrons. The van der Waals surface area contributed by atoms with Crippen molar-refractivity contribution in [3.8, 4) is 5.75 Å². The number of hydrazine groups is 1. The Morgan fingerprint density at radius 2 is 1.76 bits per heavy atom. The molecule has 0 unspecified atom stereocenters. The van der Waals surface area contributed by atoms with Crippen LogP contribution in [0.2, 0.25) is 0 Å². The zero-order valence-electron chi connectivity index (χ0n) is 16.5. The molecule has 1 fully saturated rings. The molecule has 29 heavy (non-hydrogen) atoms. The second kappa shape index (κ2) is 12.0. The number of amides is 2. The molecule has 1 aliphatic carbocycles. The van der Waals surface area contributed by atoms with Crippen molar-refractivity contribution in [3.05, 3.63) is 29.8 Å². The Morgan fingerprint density at radius 1 is 1.07 bits per heavy atom. The van der Waals surface area contributed by atoms with E-state index in [1.54, 1.807) is 24.3 Å². The van der Waals surface area contributed by atoms with E-state index in [2.05, 4.69) is 16.2 Å². The van der Waals surface area contributed by atoms with E-state index in [0.29, 0.717) is 30.3 Å². The van der Waals surface area contributed by atoms with Crippen molar-refractivity contribution in [2.75, 3.05) is 13.2 Å². The van der Waals surface area contributed by atoms with Gasteiger partial charge in [-0.3, -0.25) is 20.4 Å². The van der Waals surface area contributed by atoms with Gasteiger partial charge in [-0.1, -0.05) is 19.8 Å². The van der Waals surface area contributed by atoms with Gasteiger partial charge in [-0.15, -0.1) is 0 Å². The average molecular weight is 422 g/mol. The molecule has 0 aliphatic heterocycles. The molecule has 1 saturated carbocycles. The molecule has 1 aromatic carbocycles. The first-order valence-electron chi connectivity index (χ1n) is 9.76. The standard InChI is InChI=1S/C20H27N3O5S/c1-2-11-27-19(26)15-7-9-16(10-8-15)28-13-18(25)22-23-20(29)21-17(24)12-14-5-3-4-6-14/h7-10,14H,2-6,11-13H2,1H3,(H,22,25)(H2,21,23,24,29). The molecule has 0 bridgehead atoms. The maximum absolute atomic E-state index is 11.9. The number of hydrogen-bond acceptors (Lipinski definition) is 6. The van der Waals surface area contributed by atoms with Gasteiger partial charge in [0.05, 0.1) is 12.2 Å². The highest BCUT2D eigenvalue weighted by Gasteiger charge is 2.19. The van der Waals surface area contributed by atoms with Crippen molar-refractivity contribution in [3.63, 3.8) is 0 Å². The summed E-state index contributed by atoms with van der Waals surface area (Å²) in [5.74, 6) is -0.176. The van der Waals surface area contributed by atoms with Gasteiger partial charge >= 0.3 is 5.97 Å². The molecule has 0 saturated heterocycles. The fraction of sp³-hybridized carbons (Fsp3) is 0.500. The zero-order valence-corrected chi connectivity index (χ0v) is 17.3. The van der Waals surface area contributed by atoms with Crippen molar-refractivity contribution in [2.24, 2.45) is 5.92 Å². The Kier molecular flexibility index (Phi) is 9.36. The fourth-order valence-corrected chi connectivity index (χ4v) is 3.13. The SMILES string of the molecule is CCCOC(=O)c1ccc(OCC(=O)NNC(=S)NC(=O)CC2CCCC2)cc1. The molecule has 0 radical (unpaired) electrons. The Balaban J connectivity index is 1.64. The van der Waals surface area contributed by atoms with Gasteiger partial charge in [-0.25, -0.2) is 4.79 Å². The predicted molar refractivity (Wildman–Crippen MR) is 111 cm³/mol. The van der Waals surface area contributed by atoms with Gasteiger partial charge in [0.15, 0.2) is 11.7 Å². The van der Waals surface area contributed by atoms with Gasteiger partial charge < -0.3 is 14.8 Å². The summed E-state index contributed by atoms with van der Waals surface area (Å²) < 4.78 is 10.4. The van der Waals surface area contributed by atoms with Gasteiger partial charge in [-0.05, 0) is 61.7 Å². The highest BCUT2D eigenvalue weighted by molar-refractivity contribution is 7.80. The van der Waals surface area contributed by atoms with Crippen molar-refractivity contribution < 1.29 is 23.9 Å². The third kappa shape index (κ3) is 8.47. The predicted octanol–water partition coefficient (Wildman–Crippen LogP) is 2.23. The summed E-state index contributed by atoms with van der Waals surface area (Å²) in [6.45, 7) is 2.03. The molecule has 8 nitrogen and oxygen atoms in total. The van der Waals surface area contributed by atoms with Crippen molar-refractivity contribution in [2.45, 2.75) is 45.4 Å². The Morgan fingerprint density at radius 3 is 2.41 bits per heavy atom. The Labute approximate surface area is 175 Å². The molecule has 2 amide bonds. The van der Waals surface area contributed by atoms with Crippen LogP contribution in [0.1, 0.15) is 55.8 Å². The van der Waals surface area contributed by atoms with E-state index in [-0.39, 0.29) is 17.6 Å². The first-order valence-corrected chi connectivity index (χ1v) is 10.2. The van der Waals surface area contributed by atoms with Crippen molar-refractivity contribution in [1.29, 1.82) is 0 Å². The lowest BCUT2D eigenvalue weighted by Crippen LogP contribution is -2.49. The molecule has 1 aromatic rings. The van der Waals surface area contributed by atoms with Crippen LogP contribution in [0.5, 0.6) is 5.75 Å². The number of benzene rings is 1. The molecule has 0 spiro atoms. The first-order chi connectivity index (χ1) is 14.0. The van der Waals surface area contributed by atoms with E-state index >= 15 is 0 Å². The van der Waals surface area contributed by atoms with Crippen LogP contribution in [0.15, 0.2) is 24.3 Å². The van der Waals surface area contributed by atoms with E-state index in [1.807, 2.05) is 6.92 Å². The minimum Gasteiger partial charge on any atom is -0.484 e. The number of esters is 1. The van der Waals surface area contributed by atoms with Crippen LogP contribution in [0.25, 0.3) is 0 Å². The summed E-state index contributed by atoms with van der Waals surface area (Å²) in [7, 11) is 0. The second-order valence-electron chi connectivity index (χ2n) is 6.85. The summed E-state index contributed by atoms with van der Waals surface area (Å²) >= 11 is 4.99. The van der Waals surface area contributed by atoms with Gasteiger partial charge in [-0.2, -0.15) is 0 Å². The van der Waals surface area contributed by atoms with Crippen LogP contribution in [-0.4, -0.2) is 36.1 Å². The lowest BCUT2D eigenvalue weighted by atomic mass is 10.0. The van der Waals surface area contributed by atoms with Gasteiger partial charge in [0.2, 0.25) is 5.91 Å². The molecule has 9 heteroatoms. The van der Waals surface area contributed by atoms with Crippen molar-refractivity contribution >= 4 is 35.1 Å². The highest BCUT2D eigenvalue weighted by atomic mass is 32.1. The molecular weight excluding hydrogens is 394 g/mol. The summed E-state index contributed by atoms with van der Waals surface area (Å²) in [6, 6.07) is 6.30. The van der Waals surface area contributed by atoms with Gasteiger partial charge in [0.1, 0.15) is 5.75 Å². The number of rotatable bonds is 8. The maximum Gasteiger partial charge on any atom is 0.338 e. The minimum absolute atomic E-state index is 0.0382. The molecule has 1 aliphatic rings. The monoisotopic (exact) mass is 421 g/mol. The molecule has 3 N–H and O–H groups in total. The molecular formula is C20H27N3O5S. The Bertz CT molecular complexity index is 717. The summed E-state index contributed by atoms with van der Waals surface area (Å²) in [5, 5.41) is 2.59. The van der Waals surface area contributed by atoms with E-state index < -0.39 is 11.9 Å². The number of carbonyl (C=O) groups is 3. The summed E-state index contributed by atoms with van der Waals surface area (Å²) in [6.07, 6.45) is 5.68. The normalized spacial score (nSPS) is 13.4. The van der Waals surface area contributed by atoms with E-state index in [4.69, 9.17) is 21.7 Å². The van der Waals surface area contributed by atoms with Crippen LogP contribution < -0.4 is 20.9 Å². The molecule has 0 atom stereocenters. The van der Waals surface area contributed by atoms with E-state index in [9.17, 15) is 14.4 Å². The third-order valence-electron chi connectivity index (χ3n) is 4.41. The maximum atomic E-state index is 11.9. The first kappa shape index (κ1) is 22.6. The number of nitrogens with one attached hydrogen (secondary N) is 3. The van der Waals surface area contributed by atoms with Crippen LogP contribution in [0.4, 0.5) is 0 Å². The molecule has 0 heterocycles. The number of hydrogen-bond donors (Lipinski definition) is 3. The van der Waals surface area contributed by atoms with Gasteiger partial charge in [0, 0.05) is 6.42 Å². The highest BCUT2D eigenvalue weighted by Crippen LogP contribution is 2.27. The summed E-state index contributed by atoms with van der Waals surface area (Å²) in [4.78, 5) is 35.4. The largest absolute Gasteiger partial charge is 0.484 e. The van der Waals surface area contributed by atoms with Crippen molar-refractivity contribution in [1.82, 2.24) is 16.2 Å². The number of thiocarbonyl (C=S) groups is 1. The number of carbonyl (C=O) groups excluding carboxylic acids is 3. The quantitative estimate of drug-likeness (QED) is 0.336. The lowest BCUT2D eigenvalue weighted by molar-refractivity contribution is -0.124. The molecule has 2 rings (SSSR count). The van der Waals surface area contributed by atoms with E-state index in [1.165, 1.54) is 12.8 Å². The third-order valence-corrected chi connectivity index (χ3v) is 4.62. The Hall–Kier alpha value is -2.68. The lowest BCUT2D eigenvalue weighted by Gasteiger charge is -2.13. The summed E-state index contributed by atoms with van der Waals surface area (Å²) in [5.41, 5.74) is 5.25. The van der Waals surface area contributed by atoms with Crippen LogP contribution in [0.3, 0.4) is 0 Å². The van der Waals surface area contributed by atoms with E-state index in [0.717, 1.165) is 19.3 Å². The fourth-order valence-electron chi connectivity index (χ4n) is 2.96. The second-order valence-corrected chi connectivity index (χ2v) is 7.26. The van der Waals surface area contributed by atoms with Gasteiger partial charge in [0.25, 0.3) is 5.91 Å². The topological polar surface area (TPSA) is 106 Å². The molecule has 0 aromatic heterocycles. The van der Waals surface area contributed by atoms with Crippen LogP contribution >= 0.6 is 12.2 Å². The van der Waals surface area contributed by atoms with Crippen LogP contribution in [-0.2, 0) is 14.3 Å². The minimum atomic E-state index is -0.469.